The fraction of sp³-hybridized carbons (Fsp3) is 0.727. The third kappa shape index (κ3) is 9.18. The van der Waals surface area contributed by atoms with E-state index in [2.05, 4.69) is 10.6 Å². The van der Waals surface area contributed by atoms with Gasteiger partial charge in [-0.25, -0.2) is 9.59 Å². The largest absolute Gasteiger partial charge is 0.481 e. The van der Waals surface area contributed by atoms with Gasteiger partial charge in [0.15, 0.2) is 0 Å². The zero-order chi connectivity index (χ0) is 14.8. The van der Waals surface area contributed by atoms with Crippen molar-refractivity contribution in [2.45, 2.75) is 38.3 Å². The molecule has 19 heavy (non-hydrogen) atoms. The van der Waals surface area contributed by atoms with Crippen molar-refractivity contribution in [1.82, 2.24) is 10.6 Å². The van der Waals surface area contributed by atoms with E-state index in [1.807, 2.05) is 13.2 Å². The van der Waals surface area contributed by atoms with Crippen LogP contribution in [0.25, 0.3) is 0 Å². The number of rotatable bonds is 9. The van der Waals surface area contributed by atoms with Gasteiger partial charge in [-0.15, -0.1) is 0 Å². The molecule has 0 heterocycles. The van der Waals surface area contributed by atoms with Gasteiger partial charge in [-0.1, -0.05) is 0 Å². The molecule has 0 aromatic heterocycles. The number of urea groups is 1. The summed E-state index contributed by atoms with van der Waals surface area (Å²) >= 11 is 1.57. The molecule has 0 aromatic carbocycles. The zero-order valence-corrected chi connectivity index (χ0v) is 11.8. The lowest BCUT2D eigenvalue weighted by Crippen LogP contribution is -2.48. The number of nitrogens with one attached hydrogen (secondary N) is 2. The van der Waals surface area contributed by atoms with Crippen LogP contribution in [0.5, 0.6) is 0 Å². The lowest BCUT2D eigenvalue weighted by Gasteiger charge is -2.17. The lowest BCUT2D eigenvalue weighted by molar-refractivity contribution is -0.140. The van der Waals surface area contributed by atoms with Gasteiger partial charge in [0.25, 0.3) is 0 Å². The number of hydrogen-bond acceptors (Lipinski definition) is 4. The van der Waals surface area contributed by atoms with Crippen molar-refractivity contribution in [3.63, 3.8) is 0 Å². The minimum absolute atomic E-state index is 0.0662. The normalized spacial score (nSPS) is 13.4. The SMILES string of the molecule is CSCC(C)NC(=O)N[C@H](CCCC(=O)O)C(=O)O. The maximum atomic E-state index is 11.5. The quantitative estimate of drug-likeness (QED) is 0.498. The van der Waals surface area contributed by atoms with Crippen LogP contribution in [0.15, 0.2) is 0 Å². The lowest BCUT2D eigenvalue weighted by atomic mass is 10.1. The molecule has 0 aliphatic rings. The molecule has 0 aromatic rings. The second-order valence-corrected chi connectivity index (χ2v) is 5.06. The van der Waals surface area contributed by atoms with Crippen LogP contribution in [-0.2, 0) is 9.59 Å². The van der Waals surface area contributed by atoms with Crippen molar-refractivity contribution in [2.24, 2.45) is 0 Å². The molecule has 8 heteroatoms. The number of carbonyl (C=O) groups excluding carboxylic acids is 1. The third-order valence-corrected chi connectivity index (χ3v) is 3.11. The first-order chi connectivity index (χ1) is 8.86. The Bertz CT molecular complexity index is 324. The van der Waals surface area contributed by atoms with Crippen LogP contribution in [-0.4, -0.2) is 52.3 Å². The Morgan fingerprint density at radius 2 is 1.84 bits per heavy atom. The second-order valence-electron chi connectivity index (χ2n) is 4.15. The van der Waals surface area contributed by atoms with E-state index in [1.54, 1.807) is 11.8 Å². The Morgan fingerprint density at radius 1 is 1.21 bits per heavy atom. The smallest absolute Gasteiger partial charge is 0.326 e. The van der Waals surface area contributed by atoms with Crippen LogP contribution in [0.2, 0.25) is 0 Å². The Labute approximate surface area is 116 Å². The van der Waals surface area contributed by atoms with E-state index in [9.17, 15) is 14.4 Å². The number of carbonyl (C=O) groups is 3. The van der Waals surface area contributed by atoms with Gasteiger partial charge in [0.05, 0.1) is 0 Å². The minimum atomic E-state index is -1.17. The highest BCUT2D eigenvalue weighted by atomic mass is 32.2. The summed E-state index contributed by atoms with van der Waals surface area (Å²) in [5, 5.41) is 22.3. The molecule has 1 unspecified atom stereocenters. The first-order valence-corrected chi connectivity index (χ1v) is 7.26. The predicted octanol–water partition coefficient (Wildman–Crippen LogP) is 0.745. The molecule has 0 bridgehead atoms. The van der Waals surface area contributed by atoms with Crippen molar-refractivity contribution >= 4 is 29.7 Å². The zero-order valence-electron chi connectivity index (χ0n) is 11.0. The first-order valence-electron chi connectivity index (χ1n) is 5.87. The maximum absolute atomic E-state index is 11.5. The molecule has 2 amide bonds. The van der Waals surface area contributed by atoms with E-state index in [-0.39, 0.29) is 25.3 Å². The topological polar surface area (TPSA) is 116 Å². The summed E-state index contributed by atoms with van der Waals surface area (Å²) in [6, 6.07) is -1.69. The fourth-order valence-electron chi connectivity index (χ4n) is 1.43. The molecule has 0 aliphatic carbocycles. The molecule has 4 N–H and O–H groups in total. The Hall–Kier alpha value is -1.44. The third-order valence-electron chi connectivity index (χ3n) is 2.28. The second kappa shape index (κ2) is 9.48. The summed E-state index contributed by atoms with van der Waals surface area (Å²) in [5.41, 5.74) is 0. The Morgan fingerprint density at radius 3 is 2.32 bits per heavy atom. The molecule has 0 fully saturated rings. The molecule has 0 saturated heterocycles. The molecule has 0 saturated carbocycles. The standard InChI is InChI=1S/C11H20N2O5S/c1-7(6-19-2)12-11(18)13-8(10(16)17)4-3-5-9(14)15/h7-8H,3-6H2,1-2H3,(H,14,15)(H,16,17)(H2,12,13,18)/t7?,8-/m1/s1. The van der Waals surface area contributed by atoms with Crippen molar-refractivity contribution in [3.8, 4) is 0 Å². The number of amides is 2. The number of carboxylic acid groups (broad SMARTS) is 2. The highest BCUT2D eigenvalue weighted by Crippen LogP contribution is 2.02. The summed E-state index contributed by atoms with van der Waals surface area (Å²) < 4.78 is 0. The first kappa shape index (κ1) is 17.6. The number of aliphatic carboxylic acids is 2. The van der Waals surface area contributed by atoms with Crippen LogP contribution >= 0.6 is 11.8 Å². The van der Waals surface area contributed by atoms with Gasteiger partial charge >= 0.3 is 18.0 Å². The van der Waals surface area contributed by atoms with Crippen LogP contribution in [0.3, 0.4) is 0 Å². The average Bonchev–Trinajstić information content (AvgIpc) is 2.27. The van der Waals surface area contributed by atoms with Gasteiger partial charge < -0.3 is 20.8 Å². The molecule has 0 spiro atoms. The van der Waals surface area contributed by atoms with Crippen molar-refractivity contribution in [1.29, 1.82) is 0 Å². The summed E-state index contributed by atoms with van der Waals surface area (Å²) in [5.74, 6) is -1.43. The summed E-state index contributed by atoms with van der Waals surface area (Å²) in [6.45, 7) is 1.82. The number of carboxylic acids is 2. The summed E-state index contributed by atoms with van der Waals surface area (Å²) in [6.07, 6.45) is 2.08. The molecule has 110 valence electrons. The van der Waals surface area contributed by atoms with Crippen LogP contribution in [0, 0.1) is 0 Å². The molecule has 0 rings (SSSR count). The highest BCUT2D eigenvalue weighted by Gasteiger charge is 2.20. The van der Waals surface area contributed by atoms with Gasteiger partial charge in [-0.05, 0) is 26.0 Å². The minimum Gasteiger partial charge on any atom is -0.481 e. The van der Waals surface area contributed by atoms with Crippen LogP contribution < -0.4 is 10.6 Å². The van der Waals surface area contributed by atoms with E-state index in [1.165, 1.54) is 0 Å². The summed E-state index contributed by atoms with van der Waals surface area (Å²) in [7, 11) is 0. The van der Waals surface area contributed by atoms with Crippen LogP contribution in [0.1, 0.15) is 26.2 Å². The predicted molar refractivity (Wildman–Crippen MR) is 72.4 cm³/mol. The Balaban J connectivity index is 4.15. The molecule has 2 atom stereocenters. The average molecular weight is 292 g/mol. The van der Waals surface area contributed by atoms with E-state index in [4.69, 9.17) is 10.2 Å². The molecular formula is C11H20N2O5S. The highest BCUT2D eigenvalue weighted by molar-refractivity contribution is 7.98. The van der Waals surface area contributed by atoms with E-state index >= 15 is 0 Å². The maximum Gasteiger partial charge on any atom is 0.326 e. The Kier molecular flexibility index (Phi) is 8.77. The molecular weight excluding hydrogens is 272 g/mol. The van der Waals surface area contributed by atoms with Gasteiger partial charge in [0.1, 0.15) is 6.04 Å². The monoisotopic (exact) mass is 292 g/mol. The van der Waals surface area contributed by atoms with Gasteiger partial charge in [0, 0.05) is 18.2 Å². The summed E-state index contributed by atoms with van der Waals surface area (Å²) in [4.78, 5) is 32.8. The van der Waals surface area contributed by atoms with E-state index in [0.29, 0.717) is 0 Å². The fourth-order valence-corrected chi connectivity index (χ4v) is 2.01. The molecule has 7 nitrogen and oxygen atoms in total. The van der Waals surface area contributed by atoms with Gasteiger partial charge in [-0.2, -0.15) is 11.8 Å². The van der Waals surface area contributed by atoms with Gasteiger partial charge in [0.2, 0.25) is 0 Å². The van der Waals surface area contributed by atoms with E-state index in [0.717, 1.165) is 5.75 Å². The van der Waals surface area contributed by atoms with Crippen molar-refractivity contribution < 1.29 is 24.6 Å². The van der Waals surface area contributed by atoms with Crippen molar-refractivity contribution in [3.05, 3.63) is 0 Å². The molecule has 0 aliphatic heterocycles. The van der Waals surface area contributed by atoms with E-state index < -0.39 is 24.0 Å². The van der Waals surface area contributed by atoms with Crippen LogP contribution in [0.4, 0.5) is 4.79 Å². The number of hydrogen-bond donors (Lipinski definition) is 4. The van der Waals surface area contributed by atoms with Crippen molar-refractivity contribution in [2.75, 3.05) is 12.0 Å². The number of thioether (sulfide) groups is 1. The molecule has 0 radical (unpaired) electrons. The van der Waals surface area contributed by atoms with Gasteiger partial charge in [-0.3, -0.25) is 4.79 Å².